The molecule has 8 heteroatoms. The Bertz CT molecular complexity index is 787. The van der Waals surface area contributed by atoms with Crippen molar-refractivity contribution in [1.82, 2.24) is 21.3 Å². The van der Waals surface area contributed by atoms with E-state index in [0.717, 1.165) is 11.1 Å². The van der Waals surface area contributed by atoms with Crippen molar-refractivity contribution in [1.29, 1.82) is 0 Å². The normalized spacial score (nSPS) is 11.0. The third kappa shape index (κ3) is 14.9. The molecule has 0 aliphatic rings. The first-order valence-corrected chi connectivity index (χ1v) is 12.3. The van der Waals surface area contributed by atoms with Gasteiger partial charge in [-0.05, 0) is 11.1 Å². The summed E-state index contributed by atoms with van der Waals surface area (Å²) in [4.78, 5) is 45.5. The molecular formula is C27H46N4O4. The van der Waals surface area contributed by atoms with E-state index in [-0.39, 0.29) is 46.8 Å². The summed E-state index contributed by atoms with van der Waals surface area (Å²) in [5.74, 6) is 0.114. The van der Waals surface area contributed by atoms with E-state index < -0.39 is 0 Å². The molecule has 0 saturated heterocycles. The van der Waals surface area contributed by atoms with Crippen LogP contribution in [0.2, 0.25) is 0 Å². The molecule has 4 amide bonds. The third-order valence-corrected chi connectivity index (χ3v) is 4.92. The van der Waals surface area contributed by atoms with Crippen LogP contribution < -0.4 is 21.3 Å². The second kappa shape index (κ2) is 15.9. The second-order valence-electron chi connectivity index (χ2n) is 10.5. The fourth-order valence-electron chi connectivity index (χ4n) is 2.40. The summed E-state index contributed by atoms with van der Waals surface area (Å²) < 4.78 is 0. The number of carbonyl (C=O) groups is 4. The van der Waals surface area contributed by atoms with Crippen molar-refractivity contribution in [3.63, 3.8) is 0 Å². The molecule has 0 bridgehead atoms. The molecule has 1 rings (SSSR count). The molecule has 0 aromatic heterocycles. The Morgan fingerprint density at radius 2 is 0.914 bits per heavy atom. The highest BCUT2D eigenvalue weighted by Gasteiger charge is 2.20. The molecule has 0 unspecified atom stereocenters. The van der Waals surface area contributed by atoms with Gasteiger partial charge in [-0.25, -0.2) is 0 Å². The maximum atomic E-state index is 11.8. The van der Waals surface area contributed by atoms with Crippen molar-refractivity contribution in [2.24, 2.45) is 23.2 Å². The van der Waals surface area contributed by atoms with E-state index in [1.807, 2.05) is 86.6 Å². The van der Waals surface area contributed by atoms with Crippen LogP contribution in [0.4, 0.5) is 0 Å². The summed E-state index contributed by atoms with van der Waals surface area (Å²) in [6, 6.07) is 7.89. The number of hydrogen-bond acceptors (Lipinski definition) is 4. The molecule has 0 aliphatic carbocycles. The number of rotatable bonds is 10. The molecule has 0 fully saturated rings. The van der Waals surface area contributed by atoms with E-state index in [0.29, 0.717) is 26.2 Å². The zero-order valence-electron chi connectivity index (χ0n) is 23.0. The average Bonchev–Trinajstić information content (AvgIpc) is 2.78. The molecule has 1 aromatic rings. The molecule has 0 spiro atoms. The maximum Gasteiger partial charge on any atom is 0.225 e. The Kier molecular flexibility index (Phi) is 14.6. The minimum atomic E-state index is -0.374. The van der Waals surface area contributed by atoms with E-state index in [9.17, 15) is 19.2 Å². The van der Waals surface area contributed by atoms with Crippen molar-refractivity contribution in [2.45, 2.75) is 75.4 Å². The average molecular weight is 491 g/mol. The van der Waals surface area contributed by atoms with Crippen LogP contribution in [0.25, 0.3) is 0 Å². The summed E-state index contributed by atoms with van der Waals surface area (Å²) in [6.07, 6.45) is 0. The summed E-state index contributed by atoms with van der Waals surface area (Å²) in [5.41, 5.74) is 1.72. The van der Waals surface area contributed by atoms with E-state index in [2.05, 4.69) is 21.3 Å². The first kappa shape index (κ1) is 32.1. The first-order chi connectivity index (χ1) is 16.1. The summed E-state index contributed by atoms with van der Waals surface area (Å²) in [5, 5.41) is 11.2. The van der Waals surface area contributed by atoms with E-state index >= 15 is 0 Å². The zero-order chi connectivity index (χ0) is 27.2. The summed E-state index contributed by atoms with van der Waals surface area (Å²) in [7, 11) is 0. The lowest BCUT2D eigenvalue weighted by Gasteiger charge is -2.17. The maximum absolute atomic E-state index is 11.8. The van der Waals surface area contributed by atoms with Gasteiger partial charge in [-0.1, -0.05) is 86.6 Å². The lowest BCUT2D eigenvalue weighted by Crippen LogP contribution is -2.37. The van der Waals surface area contributed by atoms with Gasteiger partial charge < -0.3 is 21.3 Å². The highest BCUT2D eigenvalue weighted by Crippen LogP contribution is 2.13. The minimum Gasteiger partial charge on any atom is -0.354 e. The number of benzene rings is 1. The first-order valence-electron chi connectivity index (χ1n) is 12.3. The molecule has 8 nitrogen and oxygen atoms in total. The Labute approximate surface area is 211 Å². The minimum absolute atomic E-state index is 0.00289. The Balaban J connectivity index is 0.000000720. The van der Waals surface area contributed by atoms with E-state index in [1.165, 1.54) is 0 Å². The van der Waals surface area contributed by atoms with Gasteiger partial charge in [0.25, 0.3) is 0 Å². The fourth-order valence-corrected chi connectivity index (χ4v) is 2.40. The molecule has 0 atom stereocenters. The molecule has 0 heterocycles. The Hall–Kier alpha value is -2.90. The Morgan fingerprint density at radius 3 is 1.23 bits per heavy atom. The molecular weight excluding hydrogens is 444 g/mol. The SMILES string of the molecule is CC(C)C(=O)NCCNC(=O)C(C)C.CC(C)C(=O)NCc1ccc(CNC(=O)C(C)(C)C)cc1. The van der Waals surface area contributed by atoms with E-state index in [4.69, 9.17) is 0 Å². The quantitative estimate of drug-likeness (QED) is 0.377. The predicted molar refractivity (Wildman–Crippen MR) is 140 cm³/mol. The van der Waals surface area contributed by atoms with Crippen LogP contribution in [-0.4, -0.2) is 36.7 Å². The van der Waals surface area contributed by atoms with Crippen LogP contribution in [0, 0.1) is 23.2 Å². The van der Waals surface area contributed by atoms with Gasteiger partial charge in [0.15, 0.2) is 0 Å². The van der Waals surface area contributed by atoms with Gasteiger partial charge in [0, 0.05) is 49.3 Å². The lowest BCUT2D eigenvalue weighted by atomic mass is 9.95. The molecule has 0 aliphatic heterocycles. The highest BCUT2D eigenvalue weighted by atomic mass is 16.2. The topological polar surface area (TPSA) is 116 Å². The lowest BCUT2D eigenvalue weighted by molar-refractivity contribution is -0.128. The molecule has 0 saturated carbocycles. The molecule has 1 aromatic carbocycles. The number of carbonyl (C=O) groups excluding carboxylic acids is 4. The molecule has 0 radical (unpaired) electrons. The van der Waals surface area contributed by atoms with Crippen LogP contribution in [0.1, 0.15) is 73.4 Å². The Morgan fingerprint density at radius 1 is 0.600 bits per heavy atom. The van der Waals surface area contributed by atoms with Gasteiger partial charge >= 0.3 is 0 Å². The van der Waals surface area contributed by atoms with Crippen LogP contribution in [0.5, 0.6) is 0 Å². The van der Waals surface area contributed by atoms with Gasteiger partial charge in [-0.15, -0.1) is 0 Å². The monoisotopic (exact) mass is 490 g/mol. The largest absolute Gasteiger partial charge is 0.354 e. The van der Waals surface area contributed by atoms with Crippen LogP contribution >= 0.6 is 0 Å². The summed E-state index contributed by atoms with van der Waals surface area (Å²) >= 11 is 0. The van der Waals surface area contributed by atoms with Gasteiger partial charge in [0.1, 0.15) is 0 Å². The van der Waals surface area contributed by atoms with Gasteiger partial charge in [-0.3, -0.25) is 19.2 Å². The van der Waals surface area contributed by atoms with Crippen LogP contribution in [0.15, 0.2) is 24.3 Å². The third-order valence-electron chi connectivity index (χ3n) is 4.92. The molecule has 35 heavy (non-hydrogen) atoms. The van der Waals surface area contributed by atoms with Crippen molar-refractivity contribution in [2.75, 3.05) is 13.1 Å². The van der Waals surface area contributed by atoms with Gasteiger partial charge in [0.05, 0.1) is 0 Å². The fraction of sp³-hybridized carbons (Fsp3) is 0.630. The zero-order valence-corrected chi connectivity index (χ0v) is 23.0. The standard InChI is InChI=1S/C17H26N2O2.C10H20N2O2/c1-12(2)15(20)18-10-13-6-8-14(9-7-13)11-19-16(21)17(3,4)5;1-7(2)9(13)11-5-6-12-10(14)8(3)4/h6-9,12H,10-11H2,1-5H3,(H,18,20)(H,19,21);7-8H,5-6H2,1-4H3,(H,11,13)(H,12,14). The second-order valence-corrected chi connectivity index (χ2v) is 10.5. The van der Waals surface area contributed by atoms with Crippen LogP contribution in [-0.2, 0) is 32.3 Å². The highest BCUT2D eigenvalue weighted by molar-refractivity contribution is 5.81. The predicted octanol–water partition coefficient (Wildman–Crippen LogP) is 3.15. The number of nitrogens with one attached hydrogen (secondary N) is 4. The molecule has 4 N–H and O–H groups in total. The van der Waals surface area contributed by atoms with Crippen molar-refractivity contribution in [3.05, 3.63) is 35.4 Å². The molecule has 198 valence electrons. The number of amides is 4. The van der Waals surface area contributed by atoms with E-state index in [1.54, 1.807) is 0 Å². The smallest absolute Gasteiger partial charge is 0.225 e. The van der Waals surface area contributed by atoms with Crippen molar-refractivity contribution in [3.8, 4) is 0 Å². The van der Waals surface area contributed by atoms with Gasteiger partial charge in [-0.2, -0.15) is 0 Å². The summed E-state index contributed by atoms with van der Waals surface area (Å²) in [6.45, 7) is 18.8. The van der Waals surface area contributed by atoms with Crippen molar-refractivity contribution >= 4 is 23.6 Å². The van der Waals surface area contributed by atoms with Gasteiger partial charge in [0.2, 0.25) is 23.6 Å². The van der Waals surface area contributed by atoms with Crippen molar-refractivity contribution < 1.29 is 19.2 Å². The van der Waals surface area contributed by atoms with Crippen LogP contribution in [0.3, 0.4) is 0 Å². The number of hydrogen-bond donors (Lipinski definition) is 4.